The van der Waals surface area contributed by atoms with E-state index in [1.165, 1.54) is 0 Å². The third-order valence-electron chi connectivity index (χ3n) is 2.10. The zero-order valence-electron chi connectivity index (χ0n) is 8.40. The largest absolute Gasteiger partial charge is 0.330 e. The first-order chi connectivity index (χ1) is 7.72. The maximum Gasteiger partial charge on any atom is 0.152 e. The smallest absolute Gasteiger partial charge is 0.152 e. The topological polar surface area (TPSA) is 56.7 Å². The second-order valence-corrected chi connectivity index (χ2v) is 4.50. The first kappa shape index (κ1) is 11.6. The summed E-state index contributed by atoms with van der Waals surface area (Å²) in [5.41, 5.74) is 5.52. The molecule has 0 aliphatic heterocycles. The number of rotatable bonds is 3. The third kappa shape index (κ3) is 2.26. The van der Waals surface area contributed by atoms with Crippen LogP contribution in [0.2, 0.25) is 5.02 Å². The van der Waals surface area contributed by atoms with Gasteiger partial charge in [-0.05, 0) is 28.5 Å². The van der Waals surface area contributed by atoms with E-state index < -0.39 is 0 Å². The number of halogens is 2. The zero-order valence-corrected chi connectivity index (χ0v) is 10.7. The molecule has 0 spiro atoms. The monoisotopic (exact) mass is 300 g/mol. The Balaban J connectivity index is 2.46. The Morgan fingerprint density at radius 3 is 2.94 bits per heavy atom. The molecule has 0 saturated carbocycles. The first-order valence-corrected chi connectivity index (χ1v) is 5.93. The van der Waals surface area contributed by atoms with Gasteiger partial charge in [-0.25, -0.2) is 9.97 Å². The Morgan fingerprint density at radius 2 is 2.25 bits per heavy atom. The molecule has 0 bridgehead atoms. The quantitative estimate of drug-likeness (QED) is 0.945. The molecule has 0 amide bonds. The fraction of sp³-hybridized carbons (Fsp3) is 0.200. The zero-order chi connectivity index (χ0) is 11.5. The minimum absolute atomic E-state index is 0.558. The van der Waals surface area contributed by atoms with Crippen molar-refractivity contribution in [2.75, 3.05) is 6.54 Å². The van der Waals surface area contributed by atoms with Crippen molar-refractivity contribution in [3.63, 3.8) is 0 Å². The van der Waals surface area contributed by atoms with Gasteiger partial charge in [0.05, 0.1) is 9.50 Å². The van der Waals surface area contributed by atoms with Crippen LogP contribution in [0, 0.1) is 0 Å². The fourth-order valence-electron chi connectivity index (χ4n) is 1.43. The summed E-state index contributed by atoms with van der Waals surface area (Å²) in [5.74, 6) is 1.66. The summed E-state index contributed by atoms with van der Waals surface area (Å²) in [7, 11) is 0. The van der Waals surface area contributed by atoms with Crippen molar-refractivity contribution in [3.8, 4) is 5.82 Å². The fourth-order valence-corrected chi connectivity index (χ4v) is 2.26. The van der Waals surface area contributed by atoms with E-state index in [-0.39, 0.29) is 0 Å². The van der Waals surface area contributed by atoms with Crippen molar-refractivity contribution in [2.45, 2.75) is 6.42 Å². The van der Waals surface area contributed by atoms with Gasteiger partial charge in [0, 0.05) is 25.0 Å². The Kier molecular flexibility index (Phi) is 3.58. The standard InChI is InChI=1S/C10H10BrClN4/c11-8-5-7(12)6-15-10(8)16-4-3-14-9(16)1-2-13/h3-6H,1-2,13H2. The van der Waals surface area contributed by atoms with Crippen LogP contribution in [0.4, 0.5) is 0 Å². The maximum atomic E-state index is 5.84. The number of aromatic nitrogens is 3. The average molecular weight is 302 g/mol. The predicted octanol–water partition coefficient (Wildman–Crippen LogP) is 2.18. The van der Waals surface area contributed by atoms with Crippen LogP contribution in [0.1, 0.15) is 5.82 Å². The minimum Gasteiger partial charge on any atom is -0.330 e. The van der Waals surface area contributed by atoms with Crippen LogP contribution in [0.5, 0.6) is 0 Å². The third-order valence-corrected chi connectivity index (χ3v) is 2.89. The summed E-state index contributed by atoms with van der Waals surface area (Å²) in [5, 5.41) is 0.594. The molecule has 4 nitrogen and oxygen atoms in total. The number of pyridine rings is 1. The van der Waals surface area contributed by atoms with E-state index in [1.807, 2.05) is 10.8 Å². The van der Waals surface area contributed by atoms with E-state index in [1.54, 1.807) is 18.5 Å². The van der Waals surface area contributed by atoms with E-state index in [2.05, 4.69) is 25.9 Å². The molecule has 0 aliphatic carbocycles. The lowest BCUT2D eigenvalue weighted by Crippen LogP contribution is -2.09. The van der Waals surface area contributed by atoms with Gasteiger partial charge in [0.25, 0.3) is 0 Å². The minimum atomic E-state index is 0.558. The van der Waals surface area contributed by atoms with Crippen LogP contribution in [-0.4, -0.2) is 21.1 Å². The molecule has 2 N–H and O–H groups in total. The lowest BCUT2D eigenvalue weighted by molar-refractivity contribution is 0.821. The normalized spacial score (nSPS) is 10.7. The van der Waals surface area contributed by atoms with Gasteiger partial charge < -0.3 is 5.73 Å². The van der Waals surface area contributed by atoms with Gasteiger partial charge in [-0.1, -0.05) is 11.6 Å². The van der Waals surface area contributed by atoms with Gasteiger partial charge in [0.2, 0.25) is 0 Å². The highest BCUT2D eigenvalue weighted by atomic mass is 79.9. The summed E-state index contributed by atoms with van der Waals surface area (Å²) < 4.78 is 2.73. The molecule has 2 aromatic rings. The average Bonchev–Trinajstić information content (AvgIpc) is 2.67. The number of nitrogens with zero attached hydrogens (tertiary/aromatic N) is 3. The number of nitrogens with two attached hydrogens (primary N) is 1. The molecule has 0 aromatic carbocycles. The van der Waals surface area contributed by atoms with E-state index in [0.29, 0.717) is 18.0 Å². The summed E-state index contributed by atoms with van der Waals surface area (Å²) in [6.45, 7) is 0.558. The lowest BCUT2D eigenvalue weighted by Gasteiger charge is -2.08. The molecule has 2 aromatic heterocycles. The molecule has 0 aliphatic rings. The second kappa shape index (κ2) is 4.95. The van der Waals surface area contributed by atoms with E-state index in [9.17, 15) is 0 Å². The molecule has 0 atom stereocenters. The highest BCUT2D eigenvalue weighted by molar-refractivity contribution is 9.10. The number of imidazole rings is 1. The molecule has 0 fully saturated rings. The SMILES string of the molecule is NCCc1nccn1-c1ncc(Cl)cc1Br. The molecule has 2 heterocycles. The second-order valence-electron chi connectivity index (χ2n) is 3.21. The van der Waals surface area contributed by atoms with Crippen molar-refractivity contribution in [1.82, 2.24) is 14.5 Å². The van der Waals surface area contributed by atoms with Crippen molar-refractivity contribution in [1.29, 1.82) is 0 Å². The van der Waals surface area contributed by atoms with E-state index >= 15 is 0 Å². The number of hydrogen-bond donors (Lipinski definition) is 1. The molecule has 84 valence electrons. The Hall–Kier alpha value is -0.910. The van der Waals surface area contributed by atoms with Gasteiger partial charge >= 0.3 is 0 Å². The summed E-state index contributed by atoms with van der Waals surface area (Å²) in [4.78, 5) is 8.50. The number of hydrogen-bond acceptors (Lipinski definition) is 3. The molecule has 0 unspecified atom stereocenters. The highest BCUT2D eigenvalue weighted by Crippen LogP contribution is 2.23. The molecule has 0 saturated heterocycles. The van der Waals surface area contributed by atoms with Crippen molar-refractivity contribution in [3.05, 3.63) is 40.0 Å². The molecule has 16 heavy (non-hydrogen) atoms. The lowest BCUT2D eigenvalue weighted by atomic mass is 10.4. The molecule has 0 radical (unpaired) electrons. The molecule has 6 heteroatoms. The van der Waals surface area contributed by atoms with E-state index in [4.69, 9.17) is 17.3 Å². The Labute approximate surface area is 107 Å². The first-order valence-electron chi connectivity index (χ1n) is 4.76. The Bertz CT molecular complexity index is 497. The summed E-state index contributed by atoms with van der Waals surface area (Å²) >= 11 is 9.27. The van der Waals surface area contributed by atoms with Crippen LogP contribution < -0.4 is 5.73 Å². The van der Waals surface area contributed by atoms with Gasteiger partial charge in [0.15, 0.2) is 5.82 Å². The van der Waals surface area contributed by atoms with Gasteiger partial charge in [-0.2, -0.15) is 0 Å². The molecule has 2 rings (SSSR count). The molecular weight excluding hydrogens is 291 g/mol. The summed E-state index contributed by atoms with van der Waals surface area (Å²) in [6.07, 6.45) is 5.90. The van der Waals surface area contributed by atoms with Crippen LogP contribution in [0.15, 0.2) is 29.1 Å². The maximum absolute atomic E-state index is 5.84. The van der Waals surface area contributed by atoms with Crippen LogP contribution >= 0.6 is 27.5 Å². The summed E-state index contributed by atoms with van der Waals surface area (Å²) in [6, 6.07) is 1.80. The van der Waals surface area contributed by atoms with E-state index in [0.717, 1.165) is 16.1 Å². The molecular formula is C10H10BrClN4. The van der Waals surface area contributed by atoms with Crippen molar-refractivity contribution in [2.24, 2.45) is 5.73 Å². The van der Waals surface area contributed by atoms with Crippen LogP contribution in [0.3, 0.4) is 0 Å². The van der Waals surface area contributed by atoms with Crippen molar-refractivity contribution < 1.29 is 0 Å². The van der Waals surface area contributed by atoms with Crippen LogP contribution in [0.25, 0.3) is 5.82 Å². The highest BCUT2D eigenvalue weighted by Gasteiger charge is 2.09. The van der Waals surface area contributed by atoms with Gasteiger partial charge in [0.1, 0.15) is 5.82 Å². The Morgan fingerprint density at radius 1 is 1.44 bits per heavy atom. The van der Waals surface area contributed by atoms with Crippen molar-refractivity contribution >= 4 is 27.5 Å². The van der Waals surface area contributed by atoms with Gasteiger partial charge in [-0.15, -0.1) is 0 Å². The van der Waals surface area contributed by atoms with Crippen LogP contribution in [-0.2, 0) is 6.42 Å². The predicted molar refractivity (Wildman–Crippen MR) is 66.8 cm³/mol. The van der Waals surface area contributed by atoms with Gasteiger partial charge in [-0.3, -0.25) is 4.57 Å².